The Bertz CT molecular complexity index is 1450. The minimum absolute atomic E-state index is 0.0316. The average Bonchev–Trinajstić information content (AvgIpc) is 3.51. The molecule has 0 radical (unpaired) electrons. The van der Waals surface area contributed by atoms with Gasteiger partial charge in [0.25, 0.3) is 11.7 Å². The van der Waals surface area contributed by atoms with Gasteiger partial charge in [-0.3, -0.25) is 9.59 Å². The average molecular weight is 496 g/mol. The predicted molar refractivity (Wildman–Crippen MR) is 137 cm³/mol. The molecule has 1 unspecified atom stereocenters. The lowest BCUT2D eigenvalue weighted by Crippen LogP contribution is -2.29. The number of aromatic hydroxyl groups is 1. The maximum atomic E-state index is 13.2. The topological polar surface area (TPSA) is 100 Å². The lowest BCUT2D eigenvalue weighted by molar-refractivity contribution is -0.140. The van der Waals surface area contributed by atoms with Crippen molar-refractivity contribution in [3.8, 4) is 11.5 Å². The zero-order valence-corrected chi connectivity index (χ0v) is 20.1. The molecule has 186 valence electrons. The largest absolute Gasteiger partial charge is 0.508 e. The highest BCUT2D eigenvalue weighted by molar-refractivity contribution is 6.46. The zero-order chi connectivity index (χ0) is 25.9. The second kappa shape index (κ2) is 10.1. The summed E-state index contributed by atoms with van der Waals surface area (Å²) < 4.78 is 11.3. The molecule has 37 heavy (non-hydrogen) atoms. The van der Waals surface area contributed by atoms with Gasteiger partial charge in [-0.05, 0) is 72.1 Å². The number of hydrogen-bond donors (Lipinski definition) is 2. The number of aliphatic hydroxyl groups excluding tert-OH is 1. The molecule has 1 aliphatic rings. The van der Waals surface area contributed by atoms with Crippen LogP contribution in [0.4, 0.5) is 0 Å². The summed E-state index contributed by atoms with van der Waals surface area (Å²) in [5.74, 6) is -0.665. The van der Waals surface area contributed by atoms with Crippen molar-refractivity contribution in [2.75, 3.05) is 0 Å². The van der Waals surface area contributed by atoms with E-state index in [0.29, 0.717) is 29.2 Å². The summed E-state index contributed by atoms with van der Waals surface area (Å²) in [5.41, 5.74) is 3.12. The van der Waals surface area contributed by atoms with Gasteiger partial charge in [0, 0.05) is 5.56 Å². The van der Waals surface area contributed by atoms with E-state index >= 15 is 0 Å². The number of likely N-dealkylation sites (tertiary alicyclic amines) is 1. The van der Waals surface area contributed by atoms with Gasteiger partial charge in [0.15, 0.2) is 0 Å². The molecule has 1 saturated heterocycles. The molecule has 5 rings (SSSR count). The molecule has 0 saturated carbocycles. The highest BCUT2D eigenvalue weighted by Crippen LogP contribution is 2.40. The lowest BCUT2D eigenvalue weighted by atomic mass is 9.95. The molecule has 1 aromatic heterocycles. The van der Waals surface area contributed by atoms with E-state index in [1.165, 1.54) is 23.3 Å². The SMILES string of the molecule is Cc1ccccc1COc1ccc(C(O)=C2C(=O)C(=O)N(Cc3ccco3)C2c2ccc(O)cc2)cc1. The van der Waals surface area contributed by atoms with Gasteiger partial charge in [0.05, 0.1) is 24.4 Å². The zero-order valence-electron chi connectivity index (χ0n) is 20.1. The van der Waals surface area contributed by atoms with Gasteiger partial charge >= 0.3 is 0 Å². The van der Waals surface area contributed by atoms with Crippen molar-refractivity contribution < 1.29 is 29.0 Å². The number of rotatable bonds is 7. The Kier molecular flexibility index (Phi) is 6.51. The van der Waals surface area contributed by atoms with Crippen LogP contribution in [0.2, 0.25) is 0 Å². The van der Waals surface area contributed by atoms with Gasteiger partial charge in [-0.25, -0.2) is 0 Å². The number of hydrogen-bond acceptors (Lipinski definition) is 6. The summed E-state index contributed by atoms with van der Waals surface area (Å²) >= 11 is 0. The van der Waals surface area contributed by atoms with Crippen LogP contribution in [0.5, 0.6) is 11.5 Å². The summed E-state index contributed by atoms with van der Waals surface area (Å²) in [4.78, 5) is 27.6. The van der Waals surface area contributed by atoms with E-state index in [-0.39, 0.29) is 23.6 Å². The van der Waals surface area contributed by atoms with E-state index < -0.39 is 17.7 Å². The fraction of sp³-hybridized carbons (Fsp3) is 0.133. The van der Waals surface area contributed by atoms with E-state index in [9.17, 15) is 19.8 Å². The van der Waals surface area contributed by atoms with Crippen molar-refractivity contribution in [1.29, 1.82) is 0 Å². The summed E-state index contributed by atoms with van der Waals surface area (Å²) in [6.07, 6.45) is 1.49. The van der Waals surface area contributed by atoms with Crippen molar-refractivity contribution in [3.05, 3.63) is 125 Å². The minimum atomic E-state index is -0.859. The number of ether oxygens (including phenoxy) is 1. The monoisotopic (exact) mass is 495 g/mol. The molecule has 2 N–H and O–H groups in total. The number of amides is 1. The molecular weight excluding hydrogens is 470 g/mol. The molecule has 1 atom stereocenters. The number of furan rings is 1. The van der Waals surface area contributed by atoms with Crippen LogP contribution >= 0.6 is 0 Å². The first-order chi connectivity index (χ1) is 17.9. The van der Waals surface area contributed by atoms with Crippen LogP contribution in [-0.4, -0.2) is 26.8 Å². The molecule has 2 heterocycles. The highest BCUT2D eigenvalue weighted by Gasteiger charge is 2.46. The molecule has 3 aromatic carbocycles. The Morgan fingerprint density at radius 2 is 1.68 bits per heavy atom. The number of aryl methyl sites for hydroxylation is 1. The van der Waals surface area contributed by atoms with E-state index in [2.05, 4.69) is 0 Å². The van der Waals surface area contributed by atoms with E-state index in [1.54, 1.807) is 48.5 Å². The Labute approximate surface area is 213 Å². The molecule has 1 amide bonds. The van der Waals surface area contributed by atoms with Crippen molar-refractivity contribution in [2.45, 2.75) is 26.1 Å². The van der Waals surface area contributed by atoms with E-state index in [0.717, 1.165) is 11.1 Å². The highest BCUT2D eigenvalue weighted by atomic mass is 16.5. The number of aliphatic hydroxyl groups is 1. The number of carbonyl (C=O) groups is 2. The number of phenolic OH excluding ortho intramolecular Hbond substituents is 1. The number of nitrogens with zero attached hydrogens (tertiary/aromatic N) is 1. The standard InChI is InChI=1S/C30H25NO6/c1-19-5-2-3-6-22(19)18-37-24-14-10-21(11-15-24)28(33)26-27(20-8-12-23(32)13-9-20)31(30(35)29(26)34)17-25-7-4-16-36-25/h2-16,27,32-33H,17-18H2,1H3. The van der Waals surface area contributed by atoms with Crippen LogP contribution in [-0.2, 0) is 22.7 Å². The fourth-order valence-corrected chi connectivity index (χ4v) is 4.41. The van der Waals surface area contributed by atoms with Gasteiger partial charge in [-0.15, -0.1) is 0 Å². The Morgan fingerprint density at radius 1 is 0.946 bits per heavy atom. The second-order valence-corrected chi connectivity index (χ2v) is 8.84. The van der Waals surface area contributed by atoms with Crippen molar-refractivity contribution in [1.82, 2.24) is 4.90 Å². The van der Waals surface area contributed by atoms with Crippen LogP contribution in [0, 0.1) is 6.92 Å². The first-order valence-electron chi connectivity index (χ1n) is 11.8. The number of benzene rings is 3. The van der Waals surface area contributed by atoms with Crippen molar-refractivity contribution >= 4 is 17.4 Å². The molecule has 7 heteroatoms. The molecule has 7 nitrogen and oxygen atoms in total. The summed E-state index contributed by atoms with van der Waals surface area (Å²) in [6.45, 7) is 2.47. The van der Waals surface area contributed by atoms with Gasteiger partial charge in [0.2, 0.25) is 0 Å². The Morgan fingerprint density at radius 3 is 2.35 bits per heavy atom. The molecule has 4 aromatic rings. The maximum Gasteiger partial charge on any atom is 0.296 e. The van der Waals surface area contributed by atoms with Crippen LogP contribution in [0.1, 0.15) is 34.1 Å². The second-order valence-electron chi connectivity index (χ2n) is 8.84. The summed E-state index contributed by atoms with van der Waals surface area (Å²) in [7, 11) is 0. The number of Topliss-reactive ketones (excluding diaryl/α,β-unsaturated/α-hetero) is 1. The van der Waals surface area contributed by atoms with Crippen molar-refractivity contribution in [3.63, 3.8) is 0 Å². The molecular formula is C30H25NO6. The quantitative estimate of drug-likeness (QED) is 0.200. The maximum absolute atomic E-state index is 13.2. The summed E-state index contributed by atoms with van der Waals surface area (Å²) in [5, 5.41) is 21.0. The lowest BCUT2D eigenvalue weighted by Gasteiger charge is -2.24. The molecule has 0 bridgehead atoms. The molecule has 1 fully saturated rings. The number of carbonyl (C=O) groups excluding carboxylic acids is 2. The third-order valence-corrected chi connectivity index (χ3v) is 6.44. The number of phenols is 1. The fourth-order valence-electron chi connectivity index (χ4n) is 4.41. The first kappa shape index (κ1) is 23.9. The van der Waals surface area contributed by atoms with Crippen LogP contribution < -0.4 is 4.74 Å². The third-order valence-electron chi connectivity index (χ3n) is 6.44. The van der Waals surface area contributed by atoms with Crippen LogP contribution in [0.15, 0.2) is 101 Å². The van der Waals surface area contributed by atoms with Gasteiger partial charge < -0.3 is 24.3 Å². The summed E-state index contributed by atoms with van der Waals surface area (Å²) in [6, 6.07) is 23.4. The first-order valence-corrected chi connectivity index (χ1v) is 11.8. The smallest absolute Gasteiger partial charge is 0.296 e. The predicted octanol–water partition coefficient (Wildman–Crippen LogP) is 5.49. The minimum Gasteiger partial charge on any atom is -0.508 e. The van der Waals surface area contributed by atoms with Crippen LogP contribution in [0.3, 0.4) is 0 Å². The van der Waals surface area contributed by atoms with Gasteiger partial charge in [-0.1, -0.05) is 36.4 Å². The number of ketones is 1. The van der Waals surface area contributed by atoms with Gasteiger partial charge in [0.1, 0.15) is 29.6 Å². The Balaban J connectivity index is 1.47. The van der Waals surface area contributed by atoms with Crippen LogP contribution in [0.25, 0.3) is 5.76 Å². The molecule has 0 aliphatic carbocycles. The van der Waals surface area contributed by atoms with Gasteiger partial charge in [-0.2, -0.15) is 0 Å². The molecule has 0 spiro atoms. The van der Waals surface area contributed by atoms with E-state index in [4.69, 9.17) is 9.15 Å². The molecule has 1 aliphatic heterocycles. The van der Waals surface area contributed by atoms with E-state index in [1.807, 2.05) is 31.2 Å². The Hall–Kier alpha value is -4.78. The van der Waals surface area contributed by atoms with Crippen molar-refractivity contribution in [2.24, 2.45) is 0 Å². The third kappa shape index (κ3) is 4.84. The normalized spacial score (nSPS) is 16.8.